The number of hydrogen-bond acceptors (Lipinski definition) is 6. The number of nitrogens with zero attached hydrogens (tertiary/aromatic N) is 4. The predicted octanol–water partition coefficient (Wildman–Crippen LogP) is -0.939. The van der Waals surface area contributed by atoms with Crippen molar-refractivity contribution in [2.75, 3.05) is 6.61 Å². The molecule has 0 amide bonds. The van der Waals surface area contributed by atoms with Crippen molar-refractivity contribution in [1.29, 1.82) is 0 Å². The number of alkyl halides is 2. The molecule has 1 saturated heterocycles. The van der Waals surface area contributed by atoms with Gasteiger partial charge in [0.2, 0.25) is 12.0 Å². The minimum absolute atomic E-state index is 0.314. The molecule has 12 heteroatoms. The van der Waals surface area contributed by atoms with Crippen LogP contribution in [0.1, 0.15) is 6.23 Å². The van der Waals surface area contributed by atoms with Crippen LogP contribution >= 0.6 is 0 Å². The highest BCUT2D eigenvalue weighted by Gasteiger charge is 2.67. The lowest BCUT2D eigenvalue weighted by Gasteiger charge is -2.23. The summed E-state index contributed by atoms with van der Waals surface area (Å²) in [6.45, 7) is -1.23. The standard InChI is InChI=1S/C9H9F2N5O5/c10-9(11)5(19)8(3-17,14-15-12)21-6(9)16-2-1-4(18)13-7(16)20/h1-2,5-6,17,19H,3H2,(H,13,18,20)/t5?,6-,8-/m1/s1. The summed E-state index contributed by atoms with van der Waals surface area (Å²) in [7, 11) is 0. The number of aromatic amines is 1. The molecule has 3 atom stereocenters. The van der Waals surface area contributed by atoms with Crippen molar-refractivity contribution in [1.82, 2.24) is 9.55 Å². The second-order valence-electron chi connectivity index (χ2n) is 4.26. The third kappa shape index (κ3) is 2.19. The van der Waals surface area contributed by atoms with Gasteiger partial charge in [-0.15, -0.1) is 0 Å². The maximum absolute atomic E-state index is 14.1. The molecule has 1 unspecified atom stereocenters. The van der Waals surface area contributed by atoms with Crippen LogP contribution in [0.5, 0.6) is 0 Å². The van der Waals surface area contributed by atoms with Crippen molar-refractivity contribution >= 4 is 0 Å². The average Bonchev–Trinajstić information content (AvgIpc) is 2.61. The molecule has 0 aliphatic carbocycles. The summed E-state index contributed by atoms with van der Waals surface area (Å²) in [5, 5.41) is 21.6. The van der Waals surface area contributed by atoms with Crippen LogP contribution in [0.15, 0.2) is 27.0 Å². The normalized spacial score (nSPS) is 30.9. The van der Waals surface area contributed by atoms with Crippen LogP contribution in [0, 0.1) is 0 Å². The van der Waals surface area contributed by atoms with E-state index in [2.05, 4.69) is 10.0 Å². The highest BCUT2D eigenvalue weighted by atomic mass is 19.3. The molecule has 1 aliphatic rings. The van der Waals surface area contributed by atoms with E-state index in [4.69, 9.17) is 15.4 Å². The molecule has 2 heterocycles. The smallest absolute Gasteiger partial charge is 0.330 e. The molecule has 10 nitrogen and oxygen atoms in total. The van der Waals surface area contributed by atoms with Crippen LogP contribution in [0.3, 0.4) is 0 Å². The van der Waals surface area contributed by atoms with E-state index in [9.17, 15) is 23.5 Å². The summed E-state index contributed by atoms with van der Waals surface area (Å²) in [6.07, 6.45) is -4.32. The van der Waals surface area contributed by atoms with Gasteiger partial charge in [-0.3, -0.25) is 14.3 Å². The molecule has 1 aliphatic heterocycles. The van der Waals surface area contributed by atoms with Gasteiger partial charge in [0.25, 0.3) is 5.56 Å². The maximum atomic E-state index is 14.1. The second kappa shape index (κ2) is 4.93. The fraction of sp³-hybridized carbons (Fsp3) is 0.556. The van der Waals surface area contributed by atoms with Gasteiger partial charge in [0.1, 0.15) is 0 Å². The lowest BCUT2D eigenvalue weighted by Crippen LogP contribution is -2.47. The third-order valence-corrected chi connectivity index (χ3v) is 2.98. The van der Waals surface area contributed by atoms with Crippen molar-refractivity contribution in [2.45, 2.75) is 24.0 Å². The van der Waals surface area contributed by atoms with Crippen molar-refractivity contribution in [3.63, 3.8) is 0 Å². The molecule has 21 heavy (non-hydrogen) atoms. The zero-order valence-corrected chi connectivity index (χ0v) is 10.2. The Morgan fingerprint density at radius 2 is 2.24 bits per heavy atom. The van der Waals surface area contributed by atoms with Crippen LogP contribution < -0.4 is 11.2 Å². The SMILES string of the molecule is [N-]=[N+]=N[C@]1(CO)O[C@@H](n2ccc(=O)[nH]c2=O)C(F)(F)C1O. The van der Waals surface area contributed by atoms with E-state index in [0.717, 1.165) is 12.3 Å². The summed E-state index contributed by atoms with van der Waals surface area (Å²) < 4.78 is 33.2. The molecular weight excluding hydrogens is 296 g/mol. The number of halogens is 2. The Bertz CT molecular complexity index is 711. The molecule has 3 N–H and O–H groups in total. The van der Waals surface area contributed by atoms with Gasteiger partial charge < -0.3 is 14.9 Å². The molecule has 0 saturated carbocycles. The van der Waals surface area contributed by atoms with Gasteiger partial charge in [-0.1, -0.05) is 5.11 Å². The van der Waals surface area contributed by atoms with Crippen molar-refractivity contribution in [2.24, 2.45) is 5.11 Å². The van der Waals surface area contributed by atoms with E-state index in [-0.39, 0.29) is 0 Å². The molecule has 0 radical (unpaired) electrons. The number of aliphatic hydroxyl groups is 2. The first-order valence-corrected chi connectivity index (χ1v) is 5.51. The van der Waals surface area contributed by atoms with E-state index in [1.165, 1.54) is 0 Å². The quantitative estimate of drug-likeness (QED) is 0.373. The average molecular weight is 305 g/mol. The van der Waals surface area contributed by atoms with Crippen LogP contribution in [0.4, 0.5) is 8.78 Å². The number of aliphatic hydroxyl groups excluding tert-OH is 2. The molecule has 1 aromatic rings. The van der Waals surface area contributed by atoms with E-state index < -0.39 is 41.8 Å². The van der Waals surface area contributed by atoms with Gasteiger partial charge in [0.05, 0.1) is 6.61 Å². The van der Waals surface area contributed by atoms with Crippen LogP contribution in [0.25, 0.3) is 10.4 Å². The summed E-state index contributed by atoms with van der Waals surface area (Å²) in [5.74, 6) is -4.06. The van der Waals surface area contributed by atoms with Gasteiger partial charge >= 0.3 is 11.6 Å². The Hall–Kier alpha value is -2.27. The van der Waals surface area contributed by atoms with Crippen LogP contribution in [0.2, 0.25) is 0 Å². The van der Waals surface area contributed by atoms with Gasteiger partial charge in [-0.2, -0.15) is 8.78 Å². The number of aromatic nitrogens is 2. The molecular formula is C9H9F2N5O5. The summed E-state index contributed by atoms with van der Waals surface area (Å²) in [6, 6.07) is 0.791. The number of H-pyrrole nitrogens is 1. The fourth-order valence-corrected chi connectivity index (χ4v) is 1.94. The largest absolute Gasteiger partial charge is 0.393 e. The number of hydrogen-bond donors (Lipinski definition) is 3. The highest BCUT2D eigenvalue weighted by Crippen LogP contribution is 2.48. The number of rotatable bonds is 3. The van der Waals surface area contributed by atoms with Gasteiger partial charge in [0.15, 0.2) is 6.10 Å². The van der Waals surface area contributed by atoms with Gasteiger partial charge in [-0.05, 0) is 5.53 Å². The first-order valence-electron chi connectivity index (χ1n) is 5.51. The van der Waals surface area contributed by atoms with E-state index in [1.54, 1.807) is 4.98 Å². The van der Waals surface area contributed by atoms with Crippen LogP contribution in [-0.2, 0) is 4.74 Å². The molecule has 114 valence electrons. The van der Waals surface area contributed by atoms with Crippen molar-refractivity contribution in [3.05, 3.63) is 43.5 Å². The van der Waals surface area contributed by atoms with E-state index >= 15 is 0 Å². The van der Waals surface area contributed by atoms with Crippen LogP contribution in [-0.4, -0.2) is 44.1 Å². The Kier molecular flexibility index (Phi) is 3.55. The lowest BCUT2D eigenvalue weighted by atomic mass is 10.1. The minimum atomic E-state index is -4.06. The Morgan fingerprint density at radius 1 is 1.57 bits per heavy atom. The number of azide groups is 1. The fourth-order valence-electron chi connectivity index (χ4n) is 1.94. The molecule has 0 bridgehead atoms. The molecule has 0 aromatic carbocycles. The topological polar surface area (TPSA) is 153 Å². The predicted molar refractivity (Wildman–Crippen MR) is 61.4 cm³/mol. The third-order valence-electron chi connectivity index (χ3n) is 2.98. The number of ether oxygens (including phenoxy) is 1. The summed E-state index contributed by atoms with van der Waals surface area (Å²) in [4.78, 5) is 26.4. The van der Waals surface area contributed by atoms with E-state index in [1.807, 2.05) is 0 Å². The van der Waals surface area contributed by atoms with Gasteiger partial charge in [-0.25, -0.2) is 4.79 Å². The Balaban J connectivity index is 2.58. The zero-order valence-electron chi connectivity index (χ0n) is 10.2. The minimum Gasteiger partial charge on any atom is -0.393 e. The molecule has 2 rings (SSSR count). The number of nitrogens with one attached hydrogen (secondary N) is 1. The lowest BCUT2D eigenvalue weighted by molar-refractivity contribution is -0.144. The molecule has 0 spiro atoms. The van der Waals surface area contributed by atoms with E-state index in [0.29, 0.717) is 4.57 Å². The Labute approximate surface area is 113 Å². The second-order valence-corrected chi connectivity index (χ2v) is 4.26. The monoisotopic (exact) mass is 305 g/mol. The molecule has 1 aromatic heterocycles. The highest BCUT2D eigenvalue weighted by molar-refractivity contribution is 5.05. The maximum Gasteiger partial charge on any atom is 0.330 e. The first kappa shape index (κ1) is 15.1. The van der Waals surface area contributed by atoms with Gasteiger partial charge in [0, 0.05) is 17.2 Å². The first-order chi connectivity index (χ1) is 9.78. The van der Waals surface area contributed by atoms with Crippen molar-refractivity contribution in [3.8, 4) is 0 Å². The molecule has 1 fully saturated rings. The summed E-state index contributed by atoms with van der Waals surface area (Å²) >= 11 is 0. The Morgan fingerprint density at radius 3 is 2.76 bits per heavy atom. The zero-order chi connectivity index (χ0) is 15.8. The van der Waals surface area contributed by atoms with Crippen molar-refractivity contribution < 1.29 is 23.7 Å². The summed E-state index contributed by atoms with van der Waals surface area (Å²) in [5.41, 5.74) is 3.68.